The van der Waals surface area contributed by atoms with Gasteiger partial charge in [-0.15, -0.1) is 5.10 Å². The van der Waals surface area contributed by atoms with Gasteiger partial charge in [0.05, 0.1) is 5.75 Å². The highest BCUT2D eigenvalue weighted by atomic mass is 32.2. The predicted octanol–water partition coefficient (Wildman–Crippen LogP) is 3.55. The van der Waals surface area contributed by atoms with Crippen molar-refractivity contribution in [3.63, 3.8) is 0 Å². The van der Waals surface area contributed by atoms with Crippen LogP contribution in [0.4, 0.5) is 18.9 Å². The minimum Gasteiger partial charge on any atom is -0.439 e. The Labute approximate surface area is 156 Å². The van der Waals surface area contributed by atoms with Crippen LogP contribution in [0.15, 0.2) is 30.3 Å². The highest BCUT2D eigenvalue weighted by Gasteiger charge is 2.37. The van der Waals surface area contributed by atoms with E-state index in [1.807, 2.05) is 6.26 Å². The van der Waals surface area contributed by atoms with E-state index >= 15 is 0 Å². The molecule has 0 fully saturated rings. The third kappa shape index (κ3) is 4.48. The normalized spacial score (nSPS) is 11.6. The van der Waals surface area contributed by atoms with Crippen LogP contribution in [0.2, 0.25) is 0 Å². The van der Waals surface area contributed by atoms with Gasteiger partial charge in [0.25, 0.3) is 11.6 Å². The van der Waals surface area contributed by atoms with Crippen molar-refractivity contribution < 1.29 is 22.7 Å². The van der Waals surface area contributed by atoms with Crippen molar-refractivity contribution in [3.05, 3.63) is 41.9 Å². The summed E-state index contributed by atoms with van der Waals surface area (Å²) in [5.41, 5.74) is 1.01. The average Bonchev–Trinajstić information content (AvgIpc) is 3.01. The number of nitrogens with one attached hydrogen (secondary N) is 1. The minimum atomic E-state index is -4.69. The van der Waals surface area contributed by atoms with E-state index in [1.165, 1.54) is 17.8 Å². The first-order valence-electron chi connectivity index (χ1n) is 7.64. The Hall–Kier alpha value is -2.82. The molecule has 0 aliphatic heterocycles. The Kier molecular flexibility index (Phi) is 5.22. The number of rotatable bonds is 5. The summed E-state index contributed by atoms with van der Waals surface area (Å²) in [5.74, 6) is -0.908. The summed E-state index contributed by atoms with van der Waals surface area (Å²) in [6.45, 7) is 1.61. The van der Waals surface area contributed by atoms with Crippen LogP contribution in [0.3, 0.4) is 0 Å². The van der Waals surface area contributed by atoms with Gasteiger partial charge in [-0.2, -0.15) is 34.4 Å². The number of amides is 1. The molecule has 2 aromatic heterocycles. The number of nitrogens with zero attached hydrogens (tertiary/aromatic N) is 4. The van der Waals surface area contributed by atoms with E-state index in [0.717, 1.165) is 4.52 Å². The van der Waals surface area contributed by atoms with Crippen LogP contribution < -0.4 is 10.1 Å². The van der Waals surface area contributed by atoms with E-state index in [4.69, 9.17) is 4.74 Å². The second kappa shape index (κ2) is 7.43. The molecule has 0 saturated heterocycles. The number of fused-ring (bicyclic) bond motifs is 1. The second-order valence-corrected chi connectivity index (χ2v) is 6.35. The lowest BCUT2D eigenvalue weighted by molar-refractivity contribution is -0.144. The zero-order valence-corrected chi connectivity index (χ0v) is 15.1. The number of benzene rings is 1. The number of aromatic nitrogens is 4. The summed E-state index contributed by atoms with van der Waals surface area (Å²) in [5, 5.41) is 6.15. The predicted molar refractivity (Wildman–Crippen MR) is 94.0 cm³/mol. The Morgan fingerprint density at radius 2 is 1.96 bits per heavy atom. The molecule has 7 nitrogen and oxygen atoms in total. The fourth-order valence-corrected chi connectivity index (χ4v) is 2.54. The highest BCUT2D eigenvalue weighted by Crippen LogP contribution is 2.29. The lowest BCUT2D eigenvalue weighted by Crippen LogP contribution is -2.13. The maximum absolute atomic E-state index is 12.8. The molecule has 27 heavy (non-hydrogen) atoms. The minimum absolute atomic E-state index is 0.0414. The van der Waals surface area contributed by atoms with Gasteiger partial charge in [-0.1, -0.05) is 0 Å². The number of carbonyl (C=O) groups is 1. The van der Waals surface area contributed by atoms with Crippen molar-refractivity contribution >= 4 is 29.1 Å². The number of thioether (sulfide) groups is 1. The van der Waals surface area contributed by atoms with Crippen LogP contribution >= 0.6 is 11.8 Å². The molecule has 0 unspecified atom stereocenters. The highest BCUT2D eigenvalue weighted by molar-refractivity contribution is 7.99. The fraction of sp³-hybridized carbons (Fsp3) is 0.250. The van der Waals surface area contributed by atoms with Crippen molar-refractivity contribution in [2.45, 2.75) is 13.1 Å². The number of ether oxygens (including phenoxy) is 1. The first-order valence-corrected chi connectivity index (χ1v) is 9.04. The monoisotopic (exact) mass is 397 g/mol. The van der Waals surface area contributed by atoms with E-state index < -0.39 is 12.0 Å². The molecule has 1 N–H and O–H groups in total. The van der Waals surface area contributed by atoms with E-state index in [1.54, 1.807) is 31.2 Å². The van der Waals surface area contributed by atoms with Crippen LogP contribution in [0, 0.1) is 6.92 Å². The number of alkyl halides is 3. The molecule has 11 heteroatoms. The molecule has 0 aliphatic rings. The van der Waals surface area contributed by atoms with Crippen molar-refractivity contribution in [1.29, 1.82) is 0 Å². The summed E-state index contributed by atoms with van der Waals surface area (Å²) < 4.78 is 45.1. The molecular formula is C16H14F3N5O2S. The molecule has 0 radical (unpaired) electrons. The number of hydrogen-bond acceptors (Lipinski definition) is 6. The van der Waals surface area contributed by atoms with Gasteiger partial charge < -0.3 is 10.1 Å². The summed E-state index contributed by atoms with van der Waals surface area (Å²) in [7, 11) is 0. The number of anilines is 1. The molecule has 0 aliphatic carbocycles. The van der Waals surface area contributed by atoms with Crippen LogP contribution in [-0.4, -0.2) is 37.5 Å². The van der Waals surface area contributed by atoms with Crippen molar-refractivity contribution in [1.82, 2.24) is 19.6 Å². The lowest BCUT2D eigenvalue weighted by Gasteiger charge is -2.09. The molecule has 142 valence electrons. The molecule has 3 aromatic rings. The first-order chi connectivity index (χ1) is 12.8. The summed E-state index contributed by atoms with van der Waals surface area (Å²) in [6, 6.07) is 7.87. The zero-order valence-electron chi connectivity index (χ0n) is 14.2. The summed E-state index contributed by atoms with van der Waals surface area (Å²) >= 11 is 1.40. The van der Waals surface area contributed by atoms with Gasteiger partial charge in [-0.25, -0.2) is 4.98 Å². The Morgan fingerprint density at radius 1 is 1.26 bits per heavy atom. The molecular weight excluding hydrogens is 383 g/mol. The Balaban J connectivity index is 1.85. The molecule has 0 atom stereocenters. The largest absolute Gasteiger partial charge is 0.453 e. The van der Waals surface area contributed by atoms with Crippen LogP contribution in [0.5, 0.6) is 11.6 Å². The summed E-state index contributed by atoms with van der Waals surface area (Å²) in [4.78, 5) is 18.9. The van der Waals surface area contributed by atoms with Gasteiger partial charge in [-0.3, -0.25) is 4.79 Å². The van der Waals surface area contributed by atoms with Gasteiger partial charge in [0, 0.05) is 17.4 Å². The molecule has 0 spiro atoms. The Bertz CT molecular complexity index is 973. The standard InChI is InChI=1S/C16H14F3N5O2S/c1-9-7-13(24-15(20-9)22-14(23-24)16(17,18)19)26-11-5-3-10(4-6-11)21-12(25)8-27-2/h3-7H,8H2,1-2H3,(H,21,25). The maximum atomic E-state index is 12.8. The van der Waals surface area contributed by atoms with Gasteiger partial charge in [0.2, 0.25) is 11.8 Å². The smallest absolute Gasteiger partial charge is 0.439 e. The third-order valence-corrected chi connectivity index (χ3v) is 3.85. The SMILES string of the molecule is CSCC(=O)Nc1ccc(Oc2cc(C)nc3nc(C(F)(F)F)nn23)cc1. The molecule has 2 heterocycles. The van der Waals surface area contributed by atoms with Crippen molar-refractivity contribution in [2.75, 3.05) is 17.3 Å². The van der Waals surface area contributed by atoms with E-state index in [9.17, 15) is 18.0 Å². The van der Waals surface area contributed by atoms with Crippen LogP contribution in [-0.2, 0) is 11.0 Å². The Morgan fingerprint density at radius 3 is 2.59 bits per heavy atom. The van der Waals surface area contributed by atoms with Gasteiger partial charge in [0.1, 0.15) is 5.75 Å². The topological polar surface area (TPSA) is 81.4 Å². The second-order valence-electron chi connectivity index (χ2n) is 5.49. The molecule has 0 saturated carbocycles. The first kappa shape index (κ1) is 19.0. The third-order valence-electron chi connectivity index (χ3n) is 3.30. The molecule has 3 rings (SSSR count). The summed E-state index contributed by atoms with van der Waals surface area (Å²) in [6.07, 6.45) is -2.86. The number of aryl methyl sites for hydroxylation is 1. The van der Waals surface area contributed by atoms with Gasteiger partial charge in [0.15, 0.2) is 0 Å². The van der Waals surface area contributed by atoms with Gasteiger partial charge >= 0.3 is 6.18 Å². The number of carbonyl (C=O) groups excluding carboxylic acids is 1. The number of hydrogen-bond donors (Lipinski definition) is 1. The lowest BCUT2D eigenvalue weighted by atomic mass is 10.3. The maximum Gasteiger partial charge on any atom is 0.453 e. The number of halogens is 3. The van der Waals surface area contributed by atoms with E-state index in [2.05, 4.69) is 20.4 Å². The van der Waals surface area contributed by atoms with Crippen molar-refractivity contribution in [3.8, 4) is 11.6 Å². The fourth-order valence-electron chi connectivity index (χ4n) is 2.20. The molecule has 1 amide bonds. The van der Waals surface area contributed by atoms with Crippen LogP contribution in [0.1, 0.15) is 11.5 Å². The molecule has 0 bridgehead atoms. The average molecular weight is 397 g/mol. The van der Waals surface area contributed by atoms with Gasteiger partial charge in [-0.05, 0) is 37.4 Å². The van der Waals surface area contributed by atoms with E-state index in [0.29, 0.717) is 22.9 Å². The zero-order chi connectivity index (χ0) is 19.6. The van der Waals surface area contributed by atoms with Crippen molar-refractivity contribution in [2.24, 2.45) is 0 Å². The molecule has 1 aromatic carbocycles. The van der Waals surface area contributed by atoms with Crippen LogP contribution in [0.25, 0.3) is 5.78 Å². The van der Waals surface area contributed by atoms with E-state index in [-0.39, 0.29) is 17.6 Å². The quantitative estimate of drug-likeness (QED) is 0.709.